The van der Waals surface area contributed by atoms with Gasteiger partial charge in [-0.3, -0.25) is 9.69 Å². The number of hydrogen-bond donors (Lipinski definition) is 1. The summed E-state index contributed by atoms with van der Waals surface area (Å²) in [5.74, 6) is 0.175. The zero-order chi connectivity index (χ0) is 15.5. The molecule has 2 heterocycles. The fourth-order valence-electron chi connectivity index (χ4n) is 3.36. The van der Waals surface area contributed by atoms with Gasteiger partial charge in [-0.25, -0.2) is 0 Å². The highest BCUT2D eigenvalue weighted by atomic mass is 16.5. The number of carbonyl (C=O) groups is 1. The van der Waals surface area contributed by atoms with E-state index in [0.29, 0.717) is 19.1 Å². The highest BCUT2D eigenvalue weighted by molar-refractivity contribution is 5.77. The molecule has 0 aromatic rings. The van der Waals surface area contributed by atoms with Crippen LogP contribution in [0.5, 0.6) is 0 Å². The summed E-state index contributed by atoms with van der Waals surface area (Å²) in [5, 5.41) is 3.21. The number of nitrogens with one attached hydrogen (secondary N) is 1. The Labute approximate surface area is 129 Å². The Bertz CT molecular complexity index is 346. The van der Waals surface area contributed by atoms with Gasteiger partial charge in [0.2, 0.25) is 5.91 Å². The molecule has 2 aliphatic heterocycles. The summed E-state index contributed by atoms with van der Waals surface area (Å²) in [6.07, 6.45) is 2.67. The molecule has 0 spiro atoms. The third-order valence-electron chi connectivity index (χ3n) is 4.59. The molecule has 1 amide bonds. The van der Waals surface area contributed by atoms with Crippen LogP contribution >= 0.6 is 0 Å². The van der Waals surface area contributed by atoms with E-state index in [-0.39, 0.29) is 17.5 Å². The zero-order valence-corrected chi connectivity index (χ0v) is 14.0. The standard InChI is InChI=1S/C16H31N3O2/c1-16(2,3)19-9-10-21-12-14(19)11-15(20)17-13-5-7-18(4)8-6-13/h13-14H,5-12H2,1-4H3,(H,17,20). The van der Waals surface area contributed by atoms with E-state index >= 15 is 0 Å². The lowest BCUT2D eigenvalue weighted by atomic mass is 9.99. The van der Waals surface area contributed by atoms with Gasteiger partial charge >= 0.3 is 0 Å². The molecule has 122 valence electrons. The Balaban J connectivity index is 1.83. The minimum atomic E-state index is 0.0856. The van der Waals surface area contributed by atoms with Crippen LogP contribution in [0.2, 0.25) is 0 Å². The molecule has 5 heteroatoms. The van der Waals surface area contributed by atoms with E-state index in [1.807, 2.05) is 0 Å². The third-order valence-corrected chi connectivity index (χ3v) is 4.59. The summed E-state index contributed by atoms with van der Waals surface area (Å²) in [4.78, 5) is 17.1. The Morgan fingerprint density at radius 3 is 2.52 bits per heavy atom. The van der Waals surface area contributed by atoms with Crippen molar-refractivity contribution in [3.8, 4) is 0 Å². The van der Waals surface area contributed by atoms with E-state index in [2.05, 4.69) is 42.9 Å². The topological polar surface area (TPSA) is 44.8 Å². The highest BCUT2D eigenvalue weighted by Crippen LogP contribution is 2.22. The molecular weight excluding hydrogens is 266 g/mol. The van der Waals surface area contributed by atoms with Crippen molar-refractivity contribution in [2.45, 2.75) is 57.7 Å². The van der Waals surface area contributed by atoms with Gasteiger partial charge in [-0.2, -0.15) is 0 Å². The summed E-state index contributed by atoms with van der Waals surface area (Å²) >= 11 is 0. The van der Waals surface area contributed by atoms with Crippen LogP contribution in [0.4, 0.5) is 0 Å². The van der Waals surface area contributed by atoms with Crippen molar-refractivity contribution in [2.24, 2.45) is 0 Å². The van der Waals surface area contributed by atoms with Crippen molar-refractivity contribution >= 4 is 5.91 Å². The fourth-order valence-corrected chi connectivity index (χ4v) is 3.36. The molecule has 0 radical (unpaired) electrons. The maximum absolute atomic E-state index is 12.3. The van der Waals surface area contributed by atoms with Gasteiger partial charge in [-0.05, 0) is 53.8 Å². The number of rotatable bonds is 3. The Morgan fingerprint density at radius 2 is 1.90 bits per heavy atom. The van der Waals surface area contributed by atoms with Gasteiger partial charge in [0, 0.05) is 30.6 Å². The quantitative estimate of drug-likeness (QED) is 0.847. The minimum absolute atomic E-state index is 0.0856. The minimum Gasteiger partial charge on any atom is -0.378 e. The molecule has 2 aliphatic rings. The SMILES string of the molecule is CN1CCC(NC(=O)CC2COCCN2C(C)(C)C)CC1. The molecule has 0 aliphatic carbocycles. The molecule has 2 saturated heterocycles. The van der Waals surface area contributed by atoms with Crippen LogP contribution in [0.3, 0.4) is 0 Å². The summed E-state index contributed by atoms with van der Waals surface area (Å²) in [7, 11) is 2.14. The summed E-state index contributed by atoms with van der Waals surface area (Å²) < 4.78 is 5.58. The van der Waals surface area contributed by atoms with Crippen LogP contribution in [-0.2, 0) is 9.53 Å². The number of piperidine rings is 1. The predicted molar refractivity (Wildman–Crippen MR) is 84.3 cm³/mol. The van der Waals surface area contributed by atoms with Gasteiger partial charge in [0.05, 0.1) is 13.2 Å². The molecule has 0 aromatic carbocycles. The van der Waals surface area contributed by atoms with E-state index in [4.69, 9.17) is 4.74 Å². The summed E-state index contributed by atoms with van der Waals surface area (Å²) in [6.45, 7) is 11.1. The highest BCUT2D eigenvalue weighted by Gasteiger charge is 2.33. The average Bonchev–Trinajstić information content (AvgIpc) is 2.41. The van der Waals surface area contributed by atoms with Crippen molar-refractivity contribution < 1.29 is 9.53 Å². The molecular formula is C16H31N3O2. The van der Waals surface area contributed by atoms with Crippen molar-refractivity contribution in [3.05, 3.63) is 0 Å². The van der Waals surface area contributed by atoms with Gasteiger partial charge in [0.1, 0.15) is 0 Å². The second kappa shape index (κ2) is 7.07. The normalized spacial score (nSPS) is 26.8. The Hall–Kier alpha value is -0.650. The average molecular weight is 297 g/mol. The van der Waals surface area contributed by atoms with Crippen LogP contribution in [-0.4, -0.2) is 73.2 Å². The first-order chi connectivity index (χ1) is 9.86. The molecule has 0 saturated carbocycles. The van der Waals surface area contributed by atoms with E-state index in [9.17, 15) is 4.79 Å². The maximum Gasteiger partial charge on any atom is 0.221 e. The van der Waals surface area contributed by atoms with Crippen molar-refractivity contribution in [3.63, 3.8) is 0 Å². The molecule has 0 bridgehead atoms. The van der Waals surface area contributed by atoms with E-state index in [1.54, 1.807) is 0 Å². The molecule has 21 heavy (non-hydrogen) atoms. The lowest BCUT2D eigenvalue weighted by Crippen LogP contribution is -2.56. The fraction of sp³-hybridized carbons (Fsp3) is 0.938. The van der Waals surface area contributed by atoms with Crippen LogP contribution in [0.1, 0.15) is 40.0 Å². The first-order valence-corrected chi connectivity index (χ1v) is 8.18. The van der Waals surface area contributed by atoms with Crippen LogP contribution in [0.15, 0.2) is 0 Å². The number of morpholine rings is 1. The van der Waals surface area contributed by atoms with E-state index in [1.165, 1.54) is 0 Å². The van der Waals surface area contributed by atoms with E-state index in [0.717, 1.165) is 39.1 Å². The lowest BCUT2D eigenvalue weighted by Gasteiger charge is -2.44. The summed E-state index contributed by atoms with van der Waals surface area (Å²) in [5.41, 5.74) is 0.0856. The van der Waals surface area contributed by atoms with Crippen molar-refractivity contribution in [1.29, 1.82) is 0 Å². The molecule has 0 aromatic heterocycles. The summed E-state index contributed by atoms with van der Waals surface area (Å²) in [6, 6.07) is 0.548. The van der Waals surface area contributed by atoms with Crippen molar-refractivity contribution in [2.75, 3.05) is 39.9 Å². The van der Waals surface area contributed by atoms with Gasteiger partial charge in [0.15, 0.2) is 0 Å². The molecule has 2 rings (SSSR count). The van der Waals surface area contributed by atoms with Gasteiger partial charge < -0.3 is 15.0 Å². The van der Waals surface area contributed by atoms with Crippen LogP contribution in [0, 0.1) is 0 Å². The number of amides is 1. The number of nitrogens with zero attached hydrogens (tertiary/aromatic N) is 2. The maximum atomic E-state index is 12.3. The first kappa shape index (κ1) is 16.7. The Morgan fingerprint density at radius 1 is 1.24 bits per heavy atom. The zero-order valence-electron chi connectivity index (χ0n) is 14.0. The van der Waals surface area contributed by atoms with Gasteiger partial charge in [-0.15, -0.1) is 0 Å². The van der Waals surface area contributed by atoms with Crippen LogP contribution < -0.4 is 5.32 Å². The van der Waals surface area contributed by atoms with E-state index < -0.39 is 0 Å². The number of likely N-dealkylation sites (tertiary alicyclic amines) is 1. The van der Waals surface area contributed by atoms with Gasteiger partial charge in [0.25, 0.3) is 0 Å². The molecule has 1 unspecified atom stereocenters. The lowest BCUT2D eigenvalue weighted by molar-refractivity contribution is -0.126. The number of hydrogen-bond acceptors (Lipinski definition) is 4. The first-order valence-electron chi connectivity index (χ1n) is 8.18. The van der Waals surface area contributed by atoms with Crippen molar-refractivity contribution in [1.82, 2.24) is 15.1 Å². The second-order valence-electron chi connectivity index (χ2n) is 7.44. The molecule has 1 N–H and O–H groups in total. The molecule has 1 atom stereocenters. The predicted octanol–water partition coefficient (Wildman–Crippen LogP) is 1.09. The number of carbonyl (C=O) groups excluding carboxylic acids is 1. The Kier molecular flexibility index (Phi) is 5.63. The number of ether oxygens (including phenoxy) is 1. The monoisotopic (exact) mass is 297 g/mol. The smallest absolute Gasteiger partial charge is 0.221 e. The largest absolute Gasteiger partial charge is 0.378 e. The molecule has 2 fully saturated rings. The second-order valence-corrected chi connectivity index (χ2v) is 7.44. The third kappa shape index (κ3) is 4.94. The van der Waals surface area contributed by atoms with Crippen LogP contribution in [0.25, 0.3) is 0 Å². The molecule has 5 nitrogen and oxygen atoms in total. The van der Waals surface area contributed by atoms with Gasteiger partial charge in [-0.1, -0.05) is 0 Å².